The van der Waals surface area contributed by atoms with Gasteiger partial charge < -0.3 is 15.1 Å². The maximum atomic E-state index is 5.34. The largest absolute Gasteiger partial charge is 0.469 e. The molecule has 118 valence electrons. The number of likely N-dealkylation sites (tertiary alicyclic amines) is 1. The Labute approximate surface area is 127 Å². The molecule has 21 heavy (non-hydrogen) atoms. The first-order chi connectivity index (χ1) is 10.3. The lowest BCUT2D eigenvalue weighted by Crippen LogP contribution is -2.40. The van der Waals surface area contributed by atoms with Crippen LogP contribution in [0.1, 0.15) is 32.4 Å². The number of aliphatic imine (C=N–C) groups is 1. The fourth-order valence-electron chi connectivity index (χ4n) is 2.82. The average Bonchev–Trinajstić information content (AvgIpc) is 3.15. The fourth-order valence-corrected chi connectivity index (χ4v) is 2.82. The first-order valence-corrected chi connectivity index (χ1v) is 8.12. The van der Waals surface area contributed by atoms with Crippen LogP contribution < -0.4 is 10.6 Å². The minimum absolute atomic E-state index is 0.607. The van der Waals surface area contributed by atoms with E-state index in [0.29, 0.717) is 6.04 Å². The van der Waals surface area contributed by atoms with Gasteiger partial charge in [-0.15, -0.1) is 0 Å². The topological polar surface area (TPSA) is 52.8 Å². The minimum Gasteiger partial charge on any atom is -0.469 e. The molecule has 1 fully saturated rings. The molecule has 0 aliphatic carbocycles. The summed E-state index contributed by atoms with van der Waals surface area (Å²) in [5.41, 5.74) is 0. The molecule has 2 rings (SSSR count). The van der Waals surface area contributed by atoms with E-state index in [-0.39, 0.29) is 0 Å². The van der Waals surface area contributed by atoms with Crippen molar-refractivity contribution < 1.29 is 4.42 Å². The molecule has 1 aromatic heterocycles. The summed E-state index contributed by atoms with van der Waals surface area (Å²) in [7, 11) is 0. The number of nitrogens with zero attached hydrogens (tertiary/aromatic N) is 2. The summed E-state index contributed by atoms with van der Waals surface area (Å²) in [5, 5.41) is 6.69. The molecular weight excluding hydrogens is 264 g/mol. The number of furan rings is 1. The van der Waals surface area contributed by atoms with E-state index in [1.807, 2.05) is 12.1 Å². The van der Waals surface area contributed by atoms with Crippen molar-refractivity contribution >= 4 is 5.96 Å². The minimum atomic E-state index is 0.607. The van der Waals surface area contributed by atoms with Crippen molar-refractivity contribution in [3.8, 4) is 0 Å². The van der Waals surface area contributed by atoms with E-state index in [1.54, 1.807) is 6.26 Å². The molecule has 1 saturated heterocycles. The van der Waals surface area contributed by atoms with Gasteiger partial charge in [0.05, 0.1) is 12.8 Å². The average molecular weight is 292 g/mol. The molecule has 0 saturated carbocycles. The molecule has 5 heteroatoms. The third kappa shape index (κ3) is 5.08. The zero-order chi connectivity index (χ0) is 14.9. The van der Waals surface area contributed by atoms with Gasteiger partial charge in [-0.2, -0.15) is 0 Å². The molecule has 2 heterocycles. The van der Waals surface area contributed by atoms with Gasteiger partial charge >= 0.3 is 0 Å². The van der Waals surface area contributed by atoms with Crippen molar-refractivity contribution in [2.24, 2.45) is 4.99 Å². The molecule has 5 nitrogen and oxygen atoms in total. The highest BCUT2D eigenvalue weighted by molar-refractivity contribution is 5.79. The molecule has 1 atom stereocenters. The molecule has 1 aliphatic rings. The predicted molar refractivity (Wildman–Crippen MR) is 86.7 cm³/mol. The van der Waals surface area contributed by atoms with Crippen molar-refractivity contribution in [2.75, 3.05) is 32.7 Å². The Hall–Kier alpha value is -1.49. The Balaban J connectivity index is 1.78. The monoisotopic (exact) mass is 292 g/mol. The van der Waals surface area contributed by atoms with E-state index >= 15 is 0 Å². The highest BCUT2D eigenvalue weighted by Crippen LogP contribution is 2.16. The second kappa shape index (κ2) is 8.72. The highest BCUT2D eigenvalue weighted by Gasteiger charge is 2.22. The van der Waals surface area contributed by atoms with Crippen molar-refractivity contribution in [3.05, 3.63) is 24.2 Å². The molecule has 1 aromatic rings. The van der Waals surface area contributed by atoms with Crippen LogP contribution in [0.25, 0.3) is 0 Å². The Kier molecular flexibility index (Phi) is 6.60. The number of nitrogens with one attached hydrogen (secondary N) is 2. The Morgan fingerprint density at radius 1 is 1.43 bits per heavy atom. The summed E-state index contributed by atoms with van der Waals surface area (Å²) < 4.78 is 5.34. The van der Waals surface area contributed by atoms with Crippen LogP contribution in [0, 0.1) is 0 Å². The molecule has 0 radical (unpaired) electrons. The van der Waals surface area contributed by atoms with Gasteiger partial charge in [0.15, 0.2) is 5.96 Å². The third-order valence-corrected chi connectivity index (χ3v) is 3.95. The smallest absolute Gasteiger partial charge is 0.191 e. The van der Waals surface area contributed by atoms with Crippen LogP contribution in [0.15, 0.2) is 27.8 Å². The van der Waals surface area contributed by atoms with Gasteiger partial charge in [0.25, 0.3) is 0 Å². The summed E-state index contributed by atoms with van der Waals surface area (Å²) in [6.45, 7) is 9.27. The number of guanidine groups is 1. The van der Waals surface area contributed by atoms with Gasteiger partial charge in [-0.3, -0.25) is 9.89 Å². The van der Waals surface area contributed by atoms with Gasteiger partial charge in [0, 0.05) is 25.6 Å². The van der Waals surface area contributed by atoms with E-state index in [9.17, 15) is 0 Å². The number of hydrogen-bond donors (Lipinski definition) is 2. The van der Waals surface area contributed by atoms with Gasteiger partial charge in [-0.05, 0) is 45.0 Å². The second-order valence-corrected chi connectivity index (χ2v) is 5.40. The molecule has 0 aromatic carbocycles. The lowest BCUT2D eigenvalue weighted by molar-refractivity contribution is 0.273. The quantitative estimate of drug-likeness (QED) is 0.595. The first kappa shape index (κ1) is 15.9. The van der Waals surface area contributed by atoms with Crippen molar-refractivity contribution in [2.45, 2.75) is 39.2 Å². The normalized spacial score (nSPS) is 19.9. The lowest BCUT2D eigenvalue weighted by Gasteiger charge is -2.21. The Morgan fingerprint density at radius 3 is 3.05 bits per heavy atom. The molecule has 2 N–H and O–H groups in total. The van der Waals surface area contributed by atoms with Crippen molar-refractivity contribution in [1.82, 2.24) is 15.5 Å². The number of likely N-dealkylation sites (N-methyl/N-ethyl adjacent to an activating group) is 1. The van der Waals surface area contributed by atoms with Gasteiger partial charge in [-0.1, -0.05) is 6.92 Å². The summed E-state index contributed by atoms with van der Waals surface area (Å²) in [6, 6.07) is 4.54. The van der Waals surface area contributed by atoms with Crippen LogP contribution in [0.3, 0.4) is 0 Å². The van der Waals surface area contributed by atoms with Crippen LogP contribution in [0.4, 0.5) is 0 Å². The first-order valence-electron chi connectivity index (χ1n) is 8.12. The summed E-state index contributed by atoms with van der Waals surface area (Å²) in [4.78, 5) is 7.26. The highest BCUT2D eigenvalue weighted by atomic mass is 16.3. The summed E-state index contributed by atoms with van der Waals surface area (Å²) in [6.07, 6.45) is 5.16. The van der Waals surface area contributed by atoms with Gasteiger partial charge in [0.1, 0.15) is 5.76 Å². The fraction of sp³-hybridized carbons (Fsp3) is 0.688. The lowest BCUT2D eigenvalue weighted by atomic mass is 10.2. The van der Waals surface area contributed by atoms with Crippen LogP contribution in [0.2, 0.25) is 0 Å². The zero-order valence-electron chi connectivity index (χ0n) is 13.3. The maximum Gasteiger partial charge on any atom is 0.191 e. The van der Waals surface area contributed by atoms with E-state index in [1.165, 1.54) is 19.4 Å². The molecule has 0 spiro atoms. The van der Waals surface area contributed by atoms with Crippen LogP contribution in [-0.2, 0) is 6.42 Å². The van der Waals surface area contributed by atoms with Crippen LogP contribution >= 0.6 is 0 Å². The number of rotatable bonds is 7. The third-order valence-electron chi connectivity index (χ3n) is 3.95. The Bertz CT molecular complexity index is 416. The van der Waals surface area contributed by atoms with E-state index in [2.05, 4.69) is 29.4 Å². The van der Waals surface area contributed by atoms with Crippen LogP contribution in [-0.4, -0.2) is 49.6 Å². The summed E-state index contributed by atoms with van der Waals surface area (Å²) in [5.74, 6) is 1.92. The van der Waals surface area contributed by atoms with Gasteiger partial charge in [0.2, 0.25) is 0 Å². The maximum absolute atomic E-state index is 5.34. The predicted octanol–water partition coefficient (Wildman–Crippen LogP) is 1.86. The molecule has 1 aliphatic heterocycles. The van der Waals surface area contributed by atoms with Crippen molar-refractivity contribution in [1.29, 1.82) is 0 Å². The van der Waals surface area contributed by atoms with E-state index < -0.39 is 0 Å². The zero-order valence-corrected chi connectivity index (χ0v) is 13.3. The van der Waals surface area contributed by atoms with E-state index in [4.69, 9.17) is 9.41 Å². The molecular formula is C16H28N4O. The van der Waals surface area contributed by atoms with Gasteiger partial charge in [-0.25, -0.2) is 0 Å². The van der Waals surface area contributed by atoms with Crippen LogP contribution in [0.5, 0.6) is 0 Å². The molecule has 0 amide bonds. The Morgan fingerprint density at radius 2 is 2.33 bits per heavy atom. The van der Waals surface area contributed by atoms with E-state index in [0.717, 1.165) is 44.3 Å². The molecule has 1 unspecified atom stereocenters. The molecule has 0 bridgehead atoms. The summed E-state index contributed by atoms with van der Waals surface area (Å²) >= 11 is 0. The van der Waals surface area contributed by atoms with Crippen molar-refractivity contribution in [3.63, 3.8) is 0 Å². The standard InChI is InChI=1S/C16H28N4O/c1-3-17-16(18-10-9-15-8-6-12-21-15)19-13-14-7-5-11-20(14)4-2/h6,8,12,14H,3-5,7,9-11,13H2,1-2H3,(H2,17,18,19). The SMILES string of the molecule is CCNC(=NCC1CCCN1CC)NCCc1ccco1. The second-order valence-electron chi connectivity index (χ2n) is 5.40. The number of hydrogen-bond acceptors (Lipinski definition) is 3.